The molecule has 1 aliphatic rings. The quantitative estimate of drug-likeness (QED) is 0.877. The van der Waals surface area contributed by atoms with Gasteiger partial charge in [-0.2, -0.15) is 0 Å². The van der Waals surface area contributed by atoms with Gasteiger partial charge in [0, 0.05) is 38.9 Å². The first kappa shape index (κ1) is 13.8. The Balaban J connectivity index is 1.97. The number of hydrogen-bond acceptors (Lipinski definition) is 5. The highest BCUT2D eigenvalue weighted by molar-refractivity contribution is 5.97. The minimum Gasteiger partial charge on any atom is -0.408 e. The molecular formula is C14H17N3O4. The number of carbonyl (C=O) groups excluding carboxylic acids is 1. The molecule has 0 unspecified atom stereocenters. The van der Waals surface area contributed by atoms with E-state index >= 15 is 0 Å². The van der Waals surface area contributed by atoms with Gasteiger partial charge in [-0.05, 0) is 18.2 Å². The highest BCUT2D eigenvalue weighted by atomic mass is 16.5. The Morgan fingerprint density at radius 1 is 1.38 bits per heavy atom. The van der Waals surface area contributed by atoms with Gasteiger partial charge in [-0.15, -0.1) is 0 Å². The molecule has 0 spiro atoms. The summed E-state index contributed by atoms with van der Waals surface area (Å²) in [5, 5.41) is 3.21. The zero-order chi connectivity index (χ0) is 14.8. The number of aromatic nitrogens is 1. The van der Waals surface area contributed by atoms with Gasteiger partial charge in [0.25, 0.3) is 5.91 Å². The smallest absolute Gasteiger partial charge is 0.408 e. The van der Waals surface area contributed by atoms with Crippen LogP contribution in [-0.4, -0.2) is 48.7 Å². The zero-order valence-corrected chi connectivity index (χ0v) is 11.8. The molecule has 2 aromatic rings. The minimum atomic E-state index is -0.487. The molecule has 7 heteroatoms. The van der Waals surface area contributed by atoms with Gasteiger partial charge in [0.1, 0.15) is 6.73 Å². The molecule has 1 amide bonds. The molecule has 1 saturated heterocycles. The standard InChI is InChI=1S/C14H17N3O4/c1-20-9-17-11-8-10(2-3-12(11)21-14(17)19)13(18)16-6-4-15-5-7-16/h2-3,8,15H,4-7,9H2,1H3. The number of rotatable bonds is 3. The van der Waals surface area contributed by atoms with Gasteiger partial charge in [-0.1, -0.05) is 0 Å². The molecule has 0 bridgehead atoms. The summed E-state index contributed by atoms with van der Waals surface area (Å²) in [5.74, 6) is -0.519. The van der Waals surface area contributed by atoms with Crippen LogP contribution in [0.5, 0.6) is 0 Å². The van der Waals surface area contributed by atoms with Crippen molar-refractivity contribution in [1.82, 2.24) is 14.8 Å². The van der Waals surface area contributed by atoms with Gasteiger partial charge >= 0.3 is 5.76 Å². The van der Waals surface area contributed by atoms with Crippen molar-refractivity contribution in [2.24, 2.45) is 0 Å². The van der Waals surface area contributed by atoms with Gasteiger partial charge in [0.05, 0.1) is 5.52 Å². The highest BCUT2D eigenvalue weighted by Crippen LogP contribution is 2.17. The third kappa shape index (κ3) is 2.57. The molecule has 21 heavy (non-hydrogen) atoms. The van der Waals surface area contributed by atoms with E-state index in [4.69, 9.17) is 9.15 Å². The lowest BCUT2D eigenvalue weighted by molar-refractivity contribution is 0.0736. The second kappa shape index (κ2) is 5.71. The van der Waals surface area contributed by atoms with Gasteiger partial charge in [-0.3, -0.25) is 4.79 Å². The Bertz CT molecular complexity index is 713. The molecule has 2 heterocycles. The number of piperazine rings is 1. The molecule has 1 aromatic carbocycles. The molecule has 1 aliphatic heterocycles. The summed E-state index contributed by atoms with van der Waals surface area (Å²) in [6, 6.07) is 5.02. The molecule has 0 radical (unpaired) electrons. The molecular weight excluding hydrogens is 274 g/mol. The third-order valence-electron chi connectivity index (χ3n) is 3.58. The van der Waals surface area contributed by atoms with Gasteiger partial charge in [-0.25, -0.2) is 9.36 Å². The van der Waals surface area contributed by atoms with Crippen LogP contribution in [-0.2, 0) is 11.5 Å². The molecule has 1 aromatic heterocycles. The first-order valence-corrected chi connectivity index (χ1v) is 6.83. The number of nitrogens with one attached hydrogen (secondary N) is 1. The fourth-order valence-corrected chi connectivity index (χ4v) is 2.50. The van der Waals surface area contributed by atoms with Crippen LogP contribution in [0.15, 0.2) is 27.4 Å². The van der Waals surface area contributed by atoms with E-state index in [1.54, 1.807) is 23.1 Å². The molecule has 0 saturated carbocycles. The summed E-state index contributed by atoms with van der Waals surface area (Å²) in [5.41, 5.74) is 1.58. The van der Waals surface area contributed by atoms with Crippen molar-refractivity contribution in [1.29, 1.82) is 0 Å². The maximum absolute atomic E-state index is 12.5. The minimum absolute atomic E-state index is 0.0315. The summed E-state index contributed by atoms with van der Waals surface area (Å²) < 4.78 is 11.5. The number of benzene rings is 1. The molecule has 1 fully saturated rings. The number of carbonyl (C=O) groups is 1. The Morgan fingerprint density at radius 2 is 2.14 bits per heavy atom. The van der Waals surface area contributed by atoms with E-state index in [0.717, 1.165) is 13.1 Å². The molecule has 112 valence electrons. The number of amides is 1. The predicted molar refractivity (Wildman–Crippen MR) is 76.3 cm³/mol. The molecule has 7 nitrogen and oxygen atoms in total. The van der Waals surface area contributed by atoms with Crippen LogP contribution in [0.25, 0.3) is 11.1 Å². The van der Waals surface area contributed by atoms with Gasteiger partial charge in [0.2, 0.25) is 0 Å². The first-order chi connectivity index (χ1) is 10.2. The molecule has 0 atom stereocenters. The Kier molecular flexibility index (Phi) is 3.76. The van der Waals surface area contributed by atoms with Crippen molar-refractivity contribution in [2.45, 2.75) is 6.73 Å². The van der Waals surface area contributed by atoms with Crippen LogP contribution in [0.4, 0.5) is 0 Å². The number of fused-ring (bicyclic) bond motifs is 1. The first-order valence-electron chi connectivity index (χ1n) is 6.83. The van der Waals surface area contributed by atoms with E-state index in [0.29, 0.717) is 29.8 Å². The van der Waals surface area contributed by atoms with Gasteiger partial charge in [0.15, 0.2) is 5.58 Å². The van der Waals surface area contributed by atoms with Crippen LogP contribution in [0.3, 0.4) is 0 Å². The van der Waals surface area contributed by atoms with Crippen LogP contribution in [0.1, 0.15) is 10.4 Å². The zero-order valence-electron chi connectivity index (χ0n) is 11.8. The predicted octanol–water partition coefficient (Wildman–Crippen LogP) is 0.244. The van der Waals surface area contributed by atoms with Crippen molar-refractivity contribution >= 4 is 17.0 Å². The fourth-order valence-electron chi connectivity index (χ4n) is 2.50. The largest absolute Gasteiger partial charge is 0.421 e. The lowest BCUT2D eigenvalue weighted by Crippen LogP contribution is -2.46. The fraction of sp³-hybridized carbons (Fsp3) is 0.429. The van der Waals surface area contributed by atoms with Gasteiger partial charge < -0.3 is 19.4 Å². The van der Waals surface area contributed by atoms with E-state index in [2.05, 4.69) is 5.32 Å². The van der Waals surface area contributed by atoms with Crippen molar-refractivity contribution in [3.63, 3.8) is 0 Å². The maximum atomic E-state index is 12.5. The van der Waals surface area contributed by atoms with E-state index in [-0.39, 0.29) is 12.6 Å². The topological polar surface area (TPSA) is 76.7 Å². The van der Waals surface area contributed by atoms with E-state index in [1.807, 2.05) is 0 Å². The second-order valence-electron chi connectivity index (χ2n) is 4.94. The Morgan fingerprint density at radius 3 is 2.86 bits per heavy atom. The molecule has 1 N–H and O–H groups in total. The van der Waals surface area contributed by atoms with Crippen LogP contribution in [0, 0.1) is 0 Å². The third-order valence-corrected chi connectivity index (χ3v) is 3.58. The average Bonchev–Trinajstić information content (AvgIpc) is 2.83. The highest BCUT2D eigenvalue weighted by Gasteiger charge is 2.19. The lowest BCUT2D eigenvalue weighted by atomic mass is 10.1. The number of oxazole rings is 1. The molecule has 3 rings (SSSR count). The van der Waals surface area contributed by atoms with Crippen molar-refractivity contribution < 1.29 is 13.9 Å². The number of hydrogen-bond donors (Lipinski definition) is 1. The number of ether oxygens (including phenoxy) is 1. The van der Waals surface area contributed by atoms with Crippen molar-refractivity contribution in [3.05, 3.63) is 34.3 Å². The number of methoxy groups -OCH3 is 1. The van der Waals surface area contributed by atoms with E-state index in [1.165, 1.54) is 11.7 Å². The second-order valence-corrected chi connectivity index (χ2v) is 4.94. The van der Waals surface area contributed by atoms with E-state index < -0.39 is 5.76 Å². The lowest BCUT2D eigenvalue weighted by Gasteiger charge is -2.27. The average molecular weight is 291 g/mol. The summed E-state index contributed by atoms with van der Waals surface area (Å²) in [6.45, 7) is 3.07. The normalized spacial score (nSPS) is 15.6. The Labute approximate surface area is 121 Å². The summed E-state index contributed by atoms with van der Waals surface area (Å²) in [4.78, 5) is 26.0. The SMILES string of the molecule is COCn1c(=O)oc2ccc(C(=O)N3CCNCC3)cc21. The Hall–Kier alpha value is -2.12. The maximum Gasteiger partial charge on any atom is 0.421 e. The van der Waals surface area contributed by atoms with Crippen molar-refractivity contribution in [2.75, 3.05) is 33.3 Å². The van der Waals surface area contributed by atoms with Crippen molar-refractivity contribution in [3.8, 4) is 0 Å². The monoisotopic (exact) mass is 291 g/mol. The van der Waals surface area contributed by atoms with Crippen LogP contribution >= 0.6 is 0 Å². The van der Waals surface area contributed by atoms with E-state index in [9.17, 15) is 9.59 Å². The summed E-state index contributed by atoms with van der Waals surface area (Å²) in [7, 11) is 1.50. The summed E-state index contributed by atoms with van der Waals surface area (Å²) in [6.07, 6.45) is 0. The van der Waals surface area contributed by atoms with Crippen LogP contribution in [0.2, 0.25) is 0 Å². The molecule has 0 aliphatic carbocycles. The van der Waals surface area contributed by atoms with Crippen LogP contribution < -0.4 is 11.1 Å². The number of nitrogens with zero attached hydrogens (tertiary/aromatic N) is 2. The summed E-state index contributed by atoms with van der Waals surface area (Å²) >= 11 is 0.